The van der Waals surface area contributed by atoms with E-state index in [0.29, 0.717) is 13.0 Å². The molecule has 0 aromatic heterocycles. The molecular weight excluding hydrogens is 330 g/mol. The first-order valence-electron chi connectivity index (χ1n) is 9.06. The van der Waals surface area contributed by atoms with Gasteiger partial charge < -0.3 is 10.6 Å². The van der Waals surface area contributed by atoms with Crippen molar-refractivity contribution in [1.29, 1.82) is 0 Å². The summed E-state index contributed by atoms with van der Waals surface area (Å²) in [6.45, 7) is 11.4. The first-order chi connectivity index (χ1) is 12.1. The van der Waals surface area contributed by atoms with Gasteiger partial charge in [0.2, 0.25) is 5.91 Å². The molecule has 0 unspecified atom stereocenters. The Morgan fingerprint density at radius 3 is 2.27 bits per heavy atom. The zero-order chi connectivity index (χ0) is 19.5. The minimum atomic E-state index is -0.609. The molecule has 142 valence electrons. The summed E-state index contributed by atoms with van der Waals surface area (Å²) in [7, 11) is 0. The molecular formula is C20H29N3O3. The van der Waals surface area contributed by atoms with Gasteiger partial charge in [-0.05, 0) is 54.4 Å². The van der Waals surface area contributed by atoms with Crippen LogP contribution in [0.1, 0.15) is 55.9 Å². The number of rotatable bonds is 6. The molecule has 1 fully saturated rings. The Bertz CT molecular complexity index is 696. The van der Waals surface area contributed by atoms with E-state index in [0.717, 1.165) is 6.42 Å². The number of hydrogen-bond acceptors (Lipinski definition) is 3. The van der Waals surface area contributed by atoms with Crippen LogP contribution in [0.4, 0.5) is 4.79 Å². The third-order valence-corrected chi connectivity index (χ3v) is 4.78. The molecule has 1 atom stereocenters. The highest BCUT2D eigenvalue weighted by Gasteiger charge is 2.29. The van der Waals surface area contributed by atoms with Gasteiger partial charge in [-0.2, -0.15) is 0 Å². The van der Waals surface area contributed by atoms with Crippen LogP contribution in [-0.2, 0) is 21.4 Å². The predicted molar refractivity (Wildman–Crippen MR) is 101 cm³/mol. The second kappa shape index (κ2) is 7.89. The number of urea groups is 1. The van der Waals surface area contributed by atoms with Gasteiger partial charge >= 0.3 is 6.03 Å². The van der Waals surface area contributed by atoms with Crippen LogP contribution in [0.2, 0.25) is 0 Å². The number of carbonyl (C=O) groups is 3. The first kappa shape index (κ1) is 19.9. The second-order valence-corrected chi connectivity index (χ2v) is 7.99. The van der Waals surface area contributed by atoms with Crippen LogP contribution in [0.25, 0.3) is 0 Å². The fraction of sp³-hybridized carbons (Fsp3) is 0.550. The number of benzene rings is 1. The molecule has 0 radical (unpaired) electrons. The van der Waals surface area contributed by atoms with Crippen LogP contribution in [0.5, 0.6) is 0 Å². The summed E-state index contributed by atoms with van der Waals surface area (Å²) in [6.07, 6.45) is 1.29. The van der Waals surface area contributed by atoms with Gasteiger partial charge in [-0.3, -0.25) is 14.9 Å². The van der Waals surface area contributed by atoms with E-state index < -0.39 is 12.1 Å². The third-order valence-electron chi connectivity index (χ3n) is 4.78. The zero-order valence-electron chi connectivity index (χ0n) is 16.3. The number of hydrogen-bond donors (Lipinski definition) is 3. The molecule has 0 aliphatic carbocycles. The summed E-state index contributed by atoms with van der Waals surface area (Å²) < 4.78 is 0. The van der Waals surface area contributed by atoms with Crippen LogP contribution >= 0.6 is 0 Å². The standard InChI is InChI=1S/C20H29N3O3/c1-12-10-14(20(3,4)5)11-13(2)15(12)8-9-21-17(24)7-6-16-18(25)23-19(26)22-16/h10-11,16H,6-9H2,1-5H3,(H,21,24)(H2,22,23,25,26)/t16-/m0/s1. The lowest BCUT2D eigenvalue weighted by molar-refractivity contribution is -0.122. The van der Waals surface area contributed by atoms with E-state index in [4.69, 9.17) is 0 Å². The number of nitrogens with one attached hydrogen (secondary N) is 3. The lowest BCUT2D eigenvalue weighted by atomic mass is 9.83. The largest absolute Gasteiger partial charge is 0.356 e. The van der Waals surface area contributed by atoms with Gasteiger partial charge in [0, 0.05) is 13.0 Å². The summed E-state index contributed by atoms with van der Waals surface area (Å²) in [5, 5.41) is 7.55. The Labute approximate surface area is 155 Å². The molecule has 1 aliphatic heterocycles. The van der Waals surface area contributed by atoms with Gasteiger partial charge in [-0.15, -0.1) is 0 Å². The average molecular weight is 359 g/mol. The van der Waals surface area contributed by atoms with Crippen molar-refractivity contribution < 1.29 is 14.4 Å². The van der Waals surface area contributed by atoms with Gasteiger partial charge in [-0.25, -0.2) is 4.79 Å². The van der Waals surface area contributed by atoms with E-state index in [1.165, 1.54) is 22.3 Å². The molecule has 6 heteroatoms. The summed E-state index contributed by atoms with van der Waals surface area (Å²) in [6, 6.07) is 3.35. The molecule has 1 aromatic rings. The zero-order valence-corrected chi connectivity index (χ0v) is 16.3. The number of amides is 4. The van der Waals surface area contributed by atoms with Crippen molar-refractivity contribution >= 4 is 17.8 Å². The number of carbonyl (C=O) groups excluding carboxylic acids is 3. The predicted octanol–water partition coefficient (Wildman–Crippen LogP) is 2.25. The molecule has 3 N–H and O–H groups in total. The fourth-order valence-electron chi connectivity index (χ4n) is 3.17. The Kier molecular flexibility index (Phi) is 6.05. The Morgan fingerprint density at radius 1 is 1.15 bits per heavy atom. The second-order valence-electron chi connectivity index (χ2n) is 7.99. The van der Waals surface area contributed by atoms with Gasteiger partial charge in [0.25, 0.3) is 5.91 Å². The maximum Gasteiger partial charge on any atom is 0.322 e. The van der Waals surface area contributed by atoms with E-state index in [-0.39, 0.29) is 23.7 Å². The SMILES string of the molecule is Cc1cc(C(C)(C)C)cc(C)c1CCNC(=O)CC[C@@H]1NC(=O)NC1=O. The van der Waals surface area contributed by atoms with Crippen LogP contribution in [0.15, 0.2) is 12.1 Å². The molecule has 2 rings (SSSR count). The first-order valence-corrected chi connectivity index (χ1v) is 9.06. The molecule has 0 spiro atoms. The van der Waals surface area contributed by atoms with E-state index in [1.54, 1.807) is 0 Å². The lowest BCUT2D eigenvalue weighted by Gasteiger charge is -2.22. The Balaban J connectivity index is 1.83. The number of aryl methyl sites for hydroxylation is 2. The van der Waals surface area contributed by atoms with Crippen molar-refractivity contribution in [2.24, 2.45) is 0 Å². The topological polar surface area (TPSA) is 87.3 Å². The van der Waals surface area contributed by atoms with E-state index in [2.05, 4.69) is 62.7 Å². The molecule has 1 aliphatic rings. The minimum Gasteiger partial charge on any atom is -0.356 e. The maximum atomic E-state index is 12.0. The summed E-state index contributed by atoms with van der Waals surface area (Å²) in [4.78, 5) is 34.5. The molecule has 1 saturated heterocycles. The van der Waals surface area contributed by atoms with Crippen molar-refractivity contribution in [2.45, 2.75) is 65.3 Å². The number of imide groups is 1. The van der Waals surface area contributed by atoms with E-state index in [1.807, 2.05) is 0 Å². The summed E-state index contributed by atoms with van der Waals surface area (Å²) in [5.74, 6) is -0.478. The van der Waals surface area contributed by atoms with Gasteiger partial charge in [-0.1, -0.05) is 32.9 Å². The monoisotopic (exact) mass is 359 g/mol. The van der Waals surface area contributed by atoms with Gasteiger partial charge in [0.1, 0.15) is 6.04 Å². The molecule has 0 saturated carbocycles. The molecule has 6 nitrogen and oxygen atoms in total. The normalized spacial score (nSPS) is 17.0. The smallest absolute Gasteiger partial charge is 0.322 e. The van der Waals surface area contributed by atoms with Crippen molar-refractivity contribution in [2.75, 3.05) is 6.54 Å². The van der Waals surface area contributed by atoms with E-state index in [9.17, 15) is 14.4 Å². The summed E-state index contributed by atoms with van der Waals surface area (Å²) >= 11 is 0. The minimum absolute atomic E-state index is 0.111. The van der Waals surface area contributed by atoms with Crippen LogP contribution in [0, 0.1) is 13.8 Å². The van der Waals surface area contributed by atoms with Crippen LogP contribution < -0.4 is 16.0 Å². The van der Waals surface area contributed by atoms with E-state index >= 15 is 0 Å². The summed E-state index contributed by atoms with van der Waals surface area (Å²) in [5.41, 5.74) is 5.19. The highest BCUT2D eigenvalue weighted by Crippen LogP contribution is 2.27. The maximum absolute atomic E-state index is 12.0. The molecule has 26 heavy (non-hydrogen) atoms. The highest BCUT2D eigenvalue weighted by molar-refractivity contribution is 6.04. The average Bonchev–Trinajstić information content (AvgIpc) is 2.84. The van der Waals surface area contributed by atoms with Crippen LogP contribution in [-0.4, -0.2) is 30.4 Å². The fourth-order valence-corrected chi connectivity index (χ4v) is 3.17. The highest BCUT2D eigenvalue weighted by atomic mass is 16.2. The Hall–Kier alpha value is -2.37. The Morgan fingerprint density at radius 2 is 1.77 bits per heavy atom. The van der Waals surface area contributed by atoms with Gasteiger partial charge in [0.05, 0.1) is 0 Å². The van der Waals surface area contributed by atoms with Crippen molar-refractivity contribution in [3.8, 4) is 0 Å². The molecule has 1 heterocycles. The third kappa shape index (κ3) is 5.07. The van der Waals surface area contributed by atoms with Crippen molar-refractivity contribution in [3.63, 3.8) is 0 Å². The van der Waals surface area contributed by atoms with Crippen molar-refractivity contribution in [3.05, 3.63) is 34.4 Å². The van der Waals surface area contributed by atoms with Gasteiger partial charge in [0.15, 0.2) is 0 Å². The van der Waals surface area contributed by atoms with Crippen LogP contribution in [0.3, 0.4) is 0 Å². The lowest BCUT2D eigenvalue weighted by Crippen LogP contribution is -2.32. The molecule has 0 bridgehead atoms. The molecule has 4 amide bonds. The molecule has 1 aromatic carbocycles. The quantitative estimate of drug-likeness (QED) is 0.681. The van der Waals surface area contributed by atoms with Crippen molar-refractivity contribution in [1.82, 2.24) is 16.0 Å².